The van der Waals surface area contributed by atoms with Gasteiger partial charge in [0, 0.05) is 6.20 Å². The zero-order chi connectivity index (χ0) is 17.4. The minimum atomic E-state index is -0.418. The topological polar surface area (TPSA) is 72.8 Å². The molecule has 1 N–H and O–H groups in total. The van der Waals surface area contributed by atoms with Gasteiger partial charge in [-0.05, 0) is 29.8 Å². The maximum Gasteiger partial charge on any atom is 0.289 e. The number of carbonyl (C=O) groups is 1. The molecule has 0 aliphatic heterocycles. The Bertz CT molecular complexity index is 786. The lowest BCUT2D eigenvalue weighted by Gasteiger charge is -2.11. The van der Waals surface area contributed by atoms with Gasteiger partial charge in [0.15, 0.2) is 11.5 Å². The summed E-state index contributed by atoms with van der Waals surface area (Å²) in [7, 11) is 1.48. The summed E-state index contributed by atoms with van der Waals surface area (Å²) in [5.41, 5.74) is 3.26. The predicted octanol–water partition coefficient (Wildman–Crippen LogP) is 2.52. The highest BCUT2D eigenvalue weighted by molar-refractivity contribution is 6.32. The van der Waals surface area contributed by atoms with Crippen LogP contribution in [0.2, 0.25) is 5.02 Å². The molecule has 2 rings (SSSR count). The molecule has 1 aromatic heterocycles. The van der Waals surface area contributed by atoms with Crippen molar-refractivity contribution in [2.45, 2.75) is 0 Å². The number of methoxy groups -OCH3 is 1. The van der Waals surface area contributed by atoms with Crippen molar-refractivity contribution in [2.75, 3.05) is 13.7 Å². The number of nitrogens with zero attached hydrogens (tertiary/aromatic N) is 2. The standard InChI is InChI=1S/C17H14ClN3O3/c1-3-8-24-16-13(18)9-12(10-15(16)23-2)11-20-21-17(22)14-6-4-5-7-19-14/h1,4-7,9-11H,8H2,2H3,(H,21,22)/b20-11-. The summed E-state index contributed by atoms with van der Waals surface area (Å²) in [6.07, 6.45) is 8.12. The molecule has 0 spiro atoms. The average Bonchev–Trinajstić information content (AvgIpc) is 2.61. The summed E-state index contributed by atoms with van der Waals surface area (Å²) < 4.78 is 10.6. The number of ether oxygens (including phenoxy) is 2. The molecule has 0 saturated carbocycles. The van der Waals surface area contributed by atoms with Gasteiger partial charge in [0.2, 0.25) is 0 Å². The number of terminal acetylenes is 1. The van der Waals surface area contributed by atoms with Gasteiger partial charge < -0.3 is 9.47 Å². The van der Waals surface area contributed by atoms with Crippen LogP contribution in [0.4, 0.5) is 0 Å². The number of nitrogens with one attached hydrogen (secondary N) is 1. The zero-order valence-electron chi connectivity index (χ0n) is 12.8. The molecule has 0 aliphatic carbocycles. The molecule has 0 fully saturated rings. The Morgan fingerprint density at radius 3 is 3.00 bits per heavy atom. The molecule has 1 heterocycles. The van der Waals surface area contributed by atoms with Crippen molar-refractivity contribution in [1.82, 2.24) is 10.4 Å². The number of aromatic nitrogens is 1. The van der Waals surface area contributed by atoms with Gasteiger partial charge >= 0.3 is 0 Å². The van der Waals surface area contributed by atoms with E-state index in [1.165, 1.54) is 19.5 Å². The van der Waals surface area contributed by atoms with Gasteiger partial charge in [0.25, 0.3) is 5.91 Å². The van der Waals surface area contributed by atoms with E-state index in [1.54, 1.807) is 30.3 Å². The number of hydrogen-bond donors (Lipinski definition) is 1. The minimum Gasteiger partial charge on any atom is -0.493 e. The van der Waals surface area contributed by atoms with Crippen LogP contribution in [0, 0.1) is 12.3 Å². The third kappa shape index (κ3) is 4.48. The molecule has 24 heavy (non-hydrogen) atoms. The fourth-order valence-corrected chi connectivity index (χ4v) is 2.06. The van der Waals surface area contributed by atoms with E-state index >= 15 is 0 Å². The predicted molar refractivity (Wildman–Crippen MR) is 91.6 cm³/mol. The number of rotatable bonds is 6. The monoisotopic (exact) mass is 343 g/mol. The van der Waals surface area contributed by atoms with E-state index in [0.29, 0.717) is 22.1 Å². The SMILES string of the molecule is C#CCOc1c(Cl)cc(/C=N\NC(=O)c2ccccn2)cc1OC. The maximum atomic E-state index is 11.8. The van der Waals surface area contributed by atoms with E-state index in [2.05, 4.69) is 21.4 Å². The largest absolute Gasteiger partial charge is 0.493 e. The van der Waals surface area contributed by atoms with Gasteiger partial charge in [-0.3, -0.25) is 9.78 Å². The zero-order valence-corrected chi connectivity index (χ0v) is 13.6. The summed E-state index contributed by atoms with van der Waals surface area (Å²) in [6.45, 7) is 0.0731. The van der Waals surface area contributed by atoms with Crippen LogP contribution in [0.1, 0.15) is 16.1 Å². The number of pyridine rings is 1. The number of carbonyl (C=O) groups excluding carboxylic acids is 1. The summed E-state index contributed by atoms with van der Waals surface area (Å²) in [6, 6.07) is 8.30. The fraction of sp³-hybridized carbons (Fsp3) is 0.118. The van der Waals surface area contributed by atoms with Gasteiger partial charge in [0.1, 0.15) is 12.3 Å². The number of hydrogen-bond acceptors (Lipinski definition) is 5. The minimum absolute atomic E-state index is 0.0731. The second-order valence-electron chi connectivity index (χ2n) is 4.44. The van der Waals surface area contributed by atoms with E-state index in [0.717, 1.165) is 0 Å². The first-order chi connectivity index (χ1) is 11.7. The van der Waals surface area contributed by atoms with Crippen LogP contribution in [0.25, 0.3) is 0 Å². The third-order valence-corrected chi connectivity index (χ3v) is 3.11. The average molecular weight is 344 g/mol. The lowest BCUT2D eigenvalue weighted by atomic mass is 10.2. The molecule has 122 valence electrons. The molecular weight excluding hydrogens is 330 g/mol. The maximum absolute atomic E-state index is 11.8. The van der Waals surface area contributed by atoms with Crippen LogP contribution < -0.4 is 14.9 Å². The van der Waals surface area contributed by atoms with Gasteiger partial charge in [-0.2, -0.15) is 5.10 Å². The highest BCUT2D eigenvalue weighted by Crippen LogP contribution is 2.35. The Morgan fingerprint density at radius 1 is 1.50 bits per heavy atom. The molecule has 1 amide bonds. The van der Waals surface area contributed by atoms with Crippen LogP contribution >= 0.6 is 11.6 Å². The molecule has 0 aliphatic rings. The molecule has 1 aromatic carbocycles. The van der Waals surface area contributed by atoms with E-state index in [1.807, 2.05) is 0 Å². The molecule has 0 bridgehead atoms. The smallest absolute Gasteiger partial charge is 0.289 e. The van der Waals surface area contributed by atoms with E-state index in [4.69, 9.17) is 27.5 Å². The molecule has 0 radical (unpaired) electrons. The van der Waals surface area contributed by atoms with E-state index in [9.17, 15) is 4.79 Å². The first-order valence-corrected chi connectivity index (χ1v) is 7.21. The first-order valence-electron chi connectivity index (χ1n) is 6.84. The van der Waals surface area contributed by atoms with Crippen molar-refractivity contribution >= 4 is 23.7 Å². The quantitative estimate of drug-likeness (QED) is 0.497. The van der Waals surface area contributed by atoms with Crippen molar-refractivity contribution in [1.29, 1.82) is 0 Å². The molecule has 6 nitrogen and oxygen atoms in total. The number of benzene rings is 1. The Morgan fingerprint density at radius 2 is 2.33 bits per heavy atom. The molecule has 7 heteroatoms. The van der Waals surface area contributed by atoms with Crippen molar-refractivity contribution in [3.05, 3.63) is 52.8 Å². The summed E-state index contributed by atoms with van der Waals surface area (Å²) in [4.78, 5) is 15.7. The van der Waals surface area contributed by atoms with Gasteiger partial charge in [-0.1, -0.05) is 23.6 Å². The lowest BCUT2D eigenvalue weighted by Crippen LogP contribution is -2.18. The molecular formula is C17H14ClN3O3. The van der Waals surface area contributed by atoms with Crippen LogP contribution in [-0.4, -0.2) is 30.8 Å². The first kappa shape index (κ1) is 17.3. The Kier molecular flexibility index (Phi) is 6.17. The Hall–Kier alpha value is -3.04. The van der Waals surface area contributed by atoms with Gasteiger partial charge in [-0.15, -0.1) is 6.42 Å². The van der Waals surface area contributed by atoms with Crippen molar-refractivity contribution in [3.63, 3.8) is 0 Å². The molecule has 2 aromatic rings. The number of amides is 1. The highest BCUT2D eigenvalue weighted by Gasteiger charge is 2.11. The molecule has 0 atom stereocenters. The number of halogens is 1. The fourth-order valence-electron chi connectivity index (χ4n) is 1.79. The van der Waals surface area contributed by atoms with E-state index in [-0.39, 0.29) is 12.3 Å². The van der Waals surface area contributed by atoms with Crippen molar-refractivity contribution < 1.29 is 14.3 Å². The van der Waals surface area contributed by atoms with Crippen LogP contribution in [-0.2, 0) is 0 Å². The van der Waals surface area contributed by atoms with Crippen molar-refractivity contribution in [3.8, 4) is 23.8 Å². The van der Waals surface area contributed by atoms with E-state index < -0.39 is 5.91 Å². The summed E-state index contributed by atoms with van der Waals surface area (Å²) >= 11 is 6.15. The second-order valence-corrected chi connectivity index (χ2v) is 4.85. The molecule has 0 unspecified atom stereocenters. The summed E-state index contributed by atoms with van der Waals surface area (Å²) in [5.74, 6) is 2.70. The normalized spacial score (nSPS) is 10.2. The summed E-state index contributed by atoms with van der Waals surface area (Å²) in [5, 5.41) is 4.20. The van der Waals surface area contributed by atoms with Crippen molar-refractivity contribution in [2.24, 2.45) is 5.10 Å². The Labute approximate surface area is 144 Å². The Balaban J connectivity index is 2.11. The highest BCUT2D eigenvalue weighted by atomic mass is 35.5. The second kappa shape index (κ2) is 8.56. The third-order valence-electron chi connectivity index (χ3n) is 2.83. The lowest BCUT2D eigenvalue weighted by molar-refractivity contribution is 0.0950. The molecule has 0 saturated heterocycles. The van der Waals surface area contributed by atoms with Crippen LogP contribution in [0.15, 0.2) is 41.6 Å². The van der Waals surface area contributed by atoms with Gasteiger partial charge in [0.05, 0.1) is 18.3 Å². The van der Waals surface area contributed by atoms with Gasteiger partial charge in [-0.25, -0.2) is 5.43 Å². The number of hydrazone groups is 1. The van der Waals surface area contributed by atoms with Crippen LogP contribution in [0.3, 0.4) is 0 Å². The van der Waals surface area contributed by atoms with Crippen LogP contribution in [0.5, 0.6) is 11.5 Å².